The maximum absolute atomic E-state index is 8.63. The molecule has 0 radical (unpaired) electrons. The van der Waals surface area contributed by atoms with Gasteiger partial charge in [0.2, 0.25) is 10.4 Å². The van der Waals surface area contributed by atoms with Crippen molar-refractivity contribution in [3.63, 3.8) is 0 Å². The Hall–Kier alpha value is 1.83. The van der Waals surface area contributed by atoms with Gasteiger partial charge in [0.15, 0.2) is 0 Å². The molecule has 2 N–H and O–H groups in total. The molecule has 0 rings (SSSR count). The Bertz CT molecular complexity index is 93.6. The van der Waals surface area contributed by atoms with E-state index in [2.05, 4.69) is 0 Å². The Morgan fingerprint density at radius 1 is 1.25 bits per heavy atom. The molecule has 0 saturated carbocycles. The van der Waals surface area contributed by atoms with Gasteiger partial charge in [0.1, 0.15) is 0 Å². The zero-order chi connectivity index (χ0) is 4.50. The van der Waals surface area contributed by atoms with Crippen LogP contribution in [0.4, 0.5) is 0 Å². The molecule has 0 spiro atoms. The van der Waals surface area contributed by atoms with Crippen molar-refractivity contribution in [2.24, 2.45) is 0 Å². The van der Waals surface area contributed by atoms with E-state index < -0.39 is 10.4 Å². The molecule has 5 nitrogen and oxygen atoms in total. The van der Waals surface area contributed by atoms with E-state index in [1.807, 2.05) is 0 Å². The average molecular weight is 160 g/mol. The van der Waals surface area contributed by atoms with Crippen molar-refractivity contribution in [2.45, 2.75) is 0 Å². The van der Waals surface area contributed by atoms with E-state index in [1.165, 1.54) is 0 Å². The van der Waals surface area contributed by atoms with Crippen molar-refractivity contribution >= 4 is 10.4 Å². The third kappa shape index (κ3) is 109. The first-order chi connectivity index (χ1) is 2.00. The Balaban J connectivity index is -0.0000000267. The van der Waals surface area contributed by atoms with Gasteiger partial charge < -0.3 is 10.0 Å². The van der Waals surface area contributed by atoms with Gasteiger partial charge in [-0.1, -0.05) is 0 Å². The quantitative estimate of drug-likeness (QED) is 0.215. The van der Waals surface area contributed by atoms with Gasteiger partial charge in [0.05, 0.1) is 0 Å². The Kier molecular flexibility index (Phi) is 24.9. The number of hydrogen-bond acceptors (Lipinski definition) is 4. The third-order valence-electron chi connectivity index (χ3n) is 0. The topological polar surface area (TPSA) is 107 Å². The van der Waals surface area contributed by atoms with Crippen LogP contribution in [0, 0.1) is 0 Å². The molecule has 0 aromatic heterocycles. The summed E-state index contributed by atoms with van der Waals surface area (Å²) in [5.41, 5.74) is 0. The Labute approximate surface area is 91.3 Å². The maximum Gasteiger partial charge on any atom is 1.00 e. The summed E-state index contributed by atoms with van der Waals surface area (Å²) in [6, 6.07) is 0. The van der Waals surface area contributed by atoms with E-state index >= 15 is 0 Å². The van der Waals surface area contributed by atoms with Gasteiger partial charge in [-0.15, -0.1) is 0 Å². The van der Waals surface area contributed by atoms with Crippen LogP contribution >= 0.6 is 0 Å². The second kappa shape index (κ2) is 8.83. The summed E-state index contributed by atoms with van der Waals surface area (Å²) >= 11 is 0. The van der Waals surface area contributed by atoms with E-state index in [1.54, 1.807) is 0 Å². The molecule has 0 aliphatic rings. The zero-order valence-corrected chi connectivity index (χ0v) is 9.34. The van der Waals surface area contributed by atoms with Crippen molar-refractivity contribution in [1.82, 2.24) is 0 Å². The number of hydrogen-bond donors (Lipinski definition) is 1. The minimum Gasteiger partial charge on any atom is -0.870 e. The standard InChI is InChI=1S/2Na.H2O4S.H2O/c;;1-5(2,3)4;/h;;(H2,1,2,3,4);1H2/q2*+1;;/p-2. The van der Waals surface area contributed by atoms with Gasteiger partial charge in [-0.3, -0.25) is 4.55 Å². The summed E-state index contributed by atoms with van der Waals surface area (Å²) in [4.78, 5) is 0. The van der Waals surface area contributed by atoms with Gasteiger partial charge in [0, 0.05) is 0 Å². The van der Waals surface area contributed by atoms with Crippen LogP contribution in [0.1, 0.15) is 0 Å². The van der Waals surface area contributed by atoms with E-state index in [0.29, 0.717) is 0 Å². The molecule has 0 saturated heterocycles. The van der Waals surface area contributed by atoms with Crippen LogP contribution in [0.5, 0.6) is 0 Å². The van der Waals surface area contributed by atoms with Crippen molar-refractivity contribution < 1.29 is 82.1 Å². The molecule has 0 heterocycles. The summed E-state index contributed by atoms with van der Waals surface area (Å²) in [5, 5.41) is 0. The first kappa shape index (κ1) is 22.5. The zero-order valence-electron chi connectivity index (χ0n) is 4.53. The van der Waals surface area contributed by atoms with Crippen molar-refractivity contribution in [1.29, 1.82) is 0 Å². The van der Waals surface area contributed by atoms with Crippen LogP contribution in [0.2, 0.25) is 0 Å². The molecule has 0 amide bonds. The fourth-order valence-corrected chi connectivity index (χ4v) is 0. The second-order valence-corrected chi connectivity index (χ2v) is 1.28. The van der Waals surface area contributed by atoms with E-state index in [9.17, 15) is 0 Å². The molecule has 0 aromatic carbocycles. The molecule has 0 aliphatic heterocycles. The molecule has 0 aliphatic carbocycles. The minimum absolute atomic E-state index is 0. The van der Waals surface area contributed by atoms with E-state index in [4.69, 9.17) is 17.5 Å². The van der Waals surface area contributed by atoms with Crippen LogP contribution < -0.4 is 59.1 Å². The minimum atomic E-state index is -4.92. The molecule has 8 heavy (non-hydrogen) atoms. The van der Waals surface area contributed by atoms with Gasteiger partial charge in [-0.05, 0) is 0 Å². The van der Waals surface area contributed by atoms with Crippen LogP contribution in [0.15, 0.2) is 0 Å². The Morgan fingerprint density at radius 2 is 1.25 bits per heavy atom. The molecular formula is H2Na2O5S. The molecule has 0 unspecified atom stereocenters. The monoisotopic (exact) mass is 160 g/mol. The average Bonchev–Trinajstić information content (AvgIpc) is 0.722. The number of rotatable bonds is 0. The Morgan fingerprint density at radius 3 is 1.25 bits per heavy atom. The second-order valence-electron chi connectivity index (χ2n) is 0.428. The van der Waals surface area contributed by atoms with Crippen molar-refractivity contribution in [2.75, 3.05) is 0 Å². The third-order valence-corrected chi connectivity index (χ3v) is 0. The SMILES string of the molecule is O=S(=O)([O-])O.[Na+].[Na+].[OH-]. The molecule has 40 valence electrons. The molecular weight excluding hydrogens is 158 g/mol. The van der Waals surface area contributed by atoms with Gasteiger partial charge in [0.25, 0.3) is 0 Å². The fraction of sp³-hybridized carbons (Fsp3) is 0. The van der Waals surface area contributed by atoms with Crippen LogP contribution in [0.25, 0.3) is 0 Å². The predicted molar refractivity (Wildman–Crippen MR) is 14.3 cm³/mol. The van der Waals surface area contributed by atoms with E-state index in [-0.39, 0.29) is 64.6 Å². The summed E-state index contributed by atoms with van der Waals surface area (Å²) < 4.78 is 32.8. The summed E-state index contributed by atoms with van der Waals surface area (Å²) in [6.07, 6.45) is 0. The van der Waals surface area contributed by atoms with Gasteiger partial charge >= 0.3 is 59.1 Å². The van der Waals surface area contributed by atoms with Crippen molar-refractivity contribution in [3.8, 4) is 0 Å². The smallest absolute Gasteiger partial charge is 0.870 e. The fourth-order valence-electron chi connectivity index (χ4n) is 0. The first-order valence-corrected chi connectivity index (χ1v) is 2.05. The van der Waals surface area contributed by atoms with E-state index in [0.717, 1.165) is 0 Å². The molecule has 0 bridgehead atoms. The van der Waals surface area contributed by atoms with Crippen LogP contribution in [-0.4, -0.2) is 23.0 Å². The first-order valence-electron chi connectivity index (χ1n) is 0.683. The molecule has 0 aromatic rings. The van der Waals surface area contributed by atoms with Crippen molar-refractivity contribution in [3.05, 3.63) is 0 Å². The summed E-state index contributed by atoms with van der Waals surface area (Å²) in [6.45, 7) is 0. The predicted octanol–water partition coefficient (Wildman–Crippen LogP) is -7.16. The summed E-state index contributed by atoms with van der Waals surface area (Å²) in [5.74, 6) is 0. The summed E-state index contributed by atoms with van der Waals surface area (Å²) in [7, 11) is -4.92. The maximum atomic E-state index is 8.63. The van der Waals surface area contributed by atoms with Crippen LogP contribution in [-0.2, 0) is 10.4 Å². The largest absolute Gasteiger partial charge is 1.00 e. The normalized spacial score (nSPS) is 7.25. The van der Waals surface area contributed by atoms with Gasteiger partial charge in [-0.25, -0.2) is 8.42 Å². The van der Waals surface area contributed by atoms with Crippen LogP contribution in [0.3, 0.4) is 0 Å². The van der Waals surface area contributed by atoms with Gasteiger partial charge in [-0.2, -0.15) is 0 Å². The molecule has 0 fully saturated rings. The molecule has 8 heteroatoms. The molecule has 0 atom stereocenters.